The first-order valence-electron chi connectivity index (χ1n) is 8.27. The second kappa shape index (κ2) is 9.30. The van der Waals surface area contributed by atoms with E-state index in [1.54, 1.807) is 11.6 Å². The van der Waals surface area contributed by atoms with Crippen LogP contribution in [0.2, 0.25) is 0 Å². The molecule has 2 N–H and O–H groups in total. The van der Waals surface area contributed by atoms with E-state index in [2.05, 4.69) is 15.3 Å². The number of aliphatic imine (C=N–C) groups is 2. The molecule has 0 radical (unpaired) electrons. The highest BCUT2D eigenvalue weighted by Gasteiger charge is 2.28. The van der Waals surface area contributed by atoms with Gasteiger partial charge in [-0.05, 0) is 18.6 Å². The van der Waals surface area contributed by atoms with E-state index in [1.807, 2.05) is 0 Å². The second-order valence-corrected chi connectivity index (χ2v) is 9.36. The summed E-state index contributed by atoms with van der Waals surface area (Å²) in [4.78, 5) is 23.8. The third kappa shape index (κ3) is 5.50. The number of sulfone groups is 1. The van der Waals surface area contributed by atoms with E-state index in [4.69, 9.17) is 9.57 Å². The Morgan fingerprint density at radius 1 is 1.17 bits per heavy atom. The van der Waals surface area contributed by atoms with Crippen LogP contribution in [0.1, 0.15) is 13.3 Å². The van der Waals surface area contributed by atoms with Crippen LogP contribution in [0.5, 0.6) is 0 Å². The molecule has 1 aromatic carbocycles. The molecule has 29 heavy (non-hydrogen) atoms. The summed E-state index contributed by atoms with van der Waals surface area (Å²) in [6.45, 7) is 1.66. The van der Waals surface area contributed by atoms with Crippen molar-refractivity contribution in [2.24, 2.45) is 9.98 Å². The summed E-state index contributed by atoms with van der Waals surface area (Å²) in [5.41, 5.74) is 0. The lowest BCUT2D eigenvalue weighted by molar-refractivity contribution is -0.171. The number of methoxy groups -OCH3 is 1. The summed E-state index contributed by atoms with van der Waals surface area (Å²) in [5.74, 6) is -0.462. The maximum atomic E-state index is 12.6. The summed E-state index contributed by atoms with van der Waals surface area (Å²) in [5, 5.41) is 3.30. The Kier molecular flexibility index (Phi) is 7.29. The molecule has 160 valence electrons. The van der Waals surface area contributed by atoms with Crippen molar-refractivity contribution in [2.75, 3.05) is 20.0 Å². The Balaban J connectivity index is 2.22. The lowest BCUT2D eigenvalue weighted by Crippen LogP contribution is -2.45. The van der Waals surface area contributed by atoms with Gasteiger partial charge in [-0.1, -0.05) is 19.1 Å². The Morgan fingerprint density at radius 2 is 1.83 bits per heavy atom. The first-order chi connectivity index (χ1) is 13.6. The number of urea groups is 1. The van der Waals surface area contributed by atoms with Crippen molar-refractivity contribution in [2.45, 2.75) is 29.5 Å². The van der Waals surface area contributed by atoms with Crippen LogP contribution in [0.25, 0.3) is 0 Å². The standard InChI is InChI=1S/C15H21N5O7S2/c1-4-9-28(22,23)11-7-5-6-8-12(11)29(24,25)19-14(21)17-13-16-10-20(27-3)15(18-13)26-2/h5-8,10,15H,4,9H2,1-3H3,(H2,17,18,19,21). The number of guanidine groups is 1. The fourth-order valence-electron chi connectivity index (χ4n) is 2.33. The molecule has 1 aromatic rings. The van der Waals surface area contributed by atoms with Gasteiger partial charge in [0.2, 0.25) is 5.96 Å². The Hall–Kier alpha value is -2.55. The average Bonchev–Trinajstić information content (AvgIpc) is 2.67. The van der Waals surface area contributed by atoms with Gasteiger partial charge in [-0.3, -0.25) is 10.2 Å². The van der Waals surface area contributed by atoms with Gasteiger partial charge >= 0.3 is 6.03 Å². The van der Waals surface area contributed by atoms with Gasteiger partial charge in [-0.15, -0.1) is 0 Å². The summed E-state index contributed by atoms with van der Waals surface area (Å²) in [7, 11) is -5.63. The monoisotopic (exact) mass is 447 g/mol. The minimum absolute atomic E-state index is 0.230. The Morgan fingerprint density at radius 3 is 2.41 bits per heavy atom. The van der Waals surface area contributed by atoms with Crippen LogP contribution in [-0.4, -0.2) is 66.6 Å². The maximum Gasteiger partial charge on any atom is 0.335 e. The number of ether oxygens (including phenoxy) is 1. The van der Waals surface area contributed by atoms with Crippen molar-refractivity contribution in [3.63, 3.8) is 0 Å². The lowest BCUT2D eigenvalue weighted by atomic mass is 10.4. The molecular formula is C15H21N5O7S2. The van der Waals surface area contributed by atoms with Crippen molar-refractivity contribution in [3.8, 4) is 0 Å². The molecule has 1 aliphatic rings. The van der Waals surface area contributed by atoms with Crippen molar-refractivity contribution in [3.05, 3.63) is 24.3 Å². The predicted octanol–water partition coefficient (Wildman–Crippen LogP) is 0.0495. The third-order valence-corrected chi connectivity index (χ3v) is 7.06. The van der Waals surface area contributed by atoms with Crippen LogP contribution in [0.3, 0.4) is 0 Å². The first kappa shape index (κ1) is 22.7. The van der Waals surface area contributed by atoms with Gasteiger partial charge in [0.25, 0.3) is 16.4 Å². The molecule has 1 aliphatic heterocycles. The quantitative estimate of drug-likeness (QED) is 0.594. The molecule has 0 saturated heterocycles. The molecule has 0 fully saturated rings. The summed E-state index contributed by atoms with van der Waals surface area (Å²) < 4.78 is 56.7. The molecule has 1 heterocycles. The summed E-state index contributed by atoms with van der Waals surface area (Å²) >= 11 is 0. The van der Waals surface area contributed by atoms with E-state index in [0.29, 0.717) is 6.42 Å². The van der Waals surface area contributed by atoms with Gasteiger partial charge in [0.15, 0.2) is 9.84 Å². The average molecular weight is 447 g/mol. The van der Waals surface area contributed by atoms with E-state index in [0.717, 1.165) is 11.1 Å². The molecule has 14 heteroatoms. The zero-order chi connectivity index (χ0) is 21.7. The normalized spacial score (nSPS) is 17.0. The van der Waals surface area contributed by atoms with Gasteiger partial charge in [-0.25, -0.2) is 31.3 Å². The molecule has 2 amide bonds. The number of hydroxylamine groups is 2. The fraction of sp³-hybridized carbons (Fsp3) is 0.400. The number of carbonyl (C=O) groups excluding carboxylic acids is 1. The van der Waals surface area contributed by atoms with Gasteiger partial charge in [-0.2, -0.15) is 10.1 Å². The molecule has 0 aromatic heterocycles. The minimum Gasteiger partial charge on any atom is -0.341 e. The van der Waals surface area contributed by atoms with E-state index < -0.39 is 37.1 Å². The number of sulfonamides is 1. The molecular weight excluding hydrogens is 426 g/mol. The topological polar surface area (TPSA) is 156 Å². The van der Waals surface area contributed by atoms with E-state index in [1.165, 1.54) is 38.8 Å². The highest BCUT2D eigenvalue weighted by molar-refractivity contribution is 7.93. The third-order valence-electron chi connectivity index (χ3n) is 3.56. The van der Waals surface area contributed by atoms with Gasteiger partial charge in [0.05, 0.1) is 17.8 Å². The summed E-state index contributed by atoms with van der Waals surface area (Å²) in [6.07, 6.45) is 0.545. The van der Waals surface area contributed by atoms with Crippen LogP contribution >= 0.6 is 0 Å². The van der Waals surface area contributed by atoms with Crippen molar-refractivity contribution < 1.29 is 31.2 Å². The number of amides is 2. The maximum absolute atomic E-state index is 12.6. The fourth-order valence-corrected chi connectivity index (χ4v) is 5.46. The van der Waals surface area contributed by atoms with E-state index >= 15 is 0 Å². The molecule has 12 nitrogen and oxygen atoms in total. The van der Waals surface area contributed by atoms with Crippen LogP contribution in [-0.2, 0) is 29.4 Å². The van der Waals surface area contributed by atoms with Gasteiger partial charge < -0.3 is 4.74 Å². The number of nitrogens with zero attached hydrogens (tertiary/aromatic N) is 3. The lowest BCUT2D eigenvalue weighted by Gasteiger charge is -2.25. The molecule has 0 bridgehead atoms. The molecule has 2 rings (SSSR count). The van der Waals surface area contributed by atoms with E-state index in [-0.39, 0.29) is 16.6 Å². The van der Waals surface area contributed by atoms with Crippen molar-refractivity contribution in [1.29, 1.82) is 0 Å². The van der Waals surface area contributed by atoms with Crippen molar-refractivity contribution >= 4 is 38.2 Å². The molecule has 0 spiro atoms. The van der Waals surface area contributed by atoms with Gasteiger partial charge in [0.1, 0.15) is 11.2 Å². The van der Waals surface area contributed by atoms with Crippen LogP contribution in [0.4, 0.5) is 4.79 Å². The van der Waals surface area contributed by atoms with Gasteiger partial charge in [0, 0.05) is 7.11 Å². The SMILES string of the molecule is CCCS(=O)(=O)c1ccccc1S(=O)(=O)NC(=O)NC1=NC(OC)N(OC)C=N1. The second-order valence-electron chi connectivity index (χ2n) is 5.63. The zero-order valence-electron chi connectivity index (χ0n) is 15.9. The Labute approximate surface area is 168 Å². The largest absolute Gasteiger partial charge is 0.341 e. The molecule has 0 aliphatic carbocycles. The number of benzene rings is 1. The molecule has 1 unspecified atom stereocenters. The highest BCUT2D eigenvalue weighted by Crippen LogP contribution is 2.22. The summed E-state index contributed by atoms with van der Waals surface area (Å²) in [6, 6.07) is 3.86. The van der Waals surface area contributed by atoms with E-state index in [9.17, 15) is 21.6 Å². The molecule has 0 saturated carbocycles. The number of hydrogen-bond donors (Lipinski definition) is 2. The predicted molar refractivity (Wildman–Crippen MR) is 103 cm³/mol. The number of rotatable bonds is 7. The number of carbonyl (C=O) groups is 1. The first-order valence-corrected chi connectivity index (χ1v) is 11.4. The highest BCUT2D eigenvalue weighted by atomic mass is 32.2. The molecule has 1 atom stereocenters. The smallest absolute Gasteiger partial charge is 0.335 e. The number of hydrogen-bond acceptors (Lipinski definition) is 10. The van der Waals surface area contributed by atoms with Crippen LogP contribution in [0, 0.1) is 0 Å². The minimum atomic E-state index is -4.49. The van der Waals surface area contributed by atoms with Crippen molar-refractivity contribution in [1.82, 2.24) is 15.1 Å². The zero-order valence-corrected chi connectivity index (χ0v) is 17.5. The van der Waals surface area contributed by atoms with Crippen LogP contribution in [0.15, 0.2) is 44.0 Å². The van der Waals surface area contributed by atoms with Crippen LogP contribution < -0.4 is 10.0 Å². The number of nitrogens with one attached hydrogen (secondary N) is 2. The Bertz CT molecular complexity index is 1020.